The SMILES string of the molecule is CC(C)(CO)CCCNC(=O)C1CC1c1ccccc1. The van der Waals surface area contributed by atoms with Crippen LogP contribution >= 0.6 is 0 Å². The van der Waals surface area contributed by atoms with E-state index in [0.29, 0.717) is 12.5 Å². The summed E-state index contributed by atoms with van der Waals surface area (Å²) in [6.07, 6.45) is 2.82. The molecule has 1 amide bonds. The van der Waals surface area contributed by atoms with Crippen molar-refractivity contribution in [3.05, 3.63) is 35.9 Å². The lowest BCUT2D eigenvalue weighted by atomic mass is 9.89. The summed E-state index contributed by atoms with van der Waals surface area (Å²) in [7, 11) is 0. The monoisotopic (exact) mass is 275 g/mol. The first-order valence-corrected chi connectivity index (χ1v) is 7.47. The van der Waals surface area contributed by atoms with E-state index in [1.807, 2.05) is 32.0 Å². The van der Waals surface area contributed by atoms with E-state index in [0.717, 1.165) is 19.3 Å². The van der Waals surface area contributed by atoms with E-state index >= 15 is 0 Å². The summed E-state index contributed by atoms with van der Waals surface area (Å²) < 4.78 is 0. The normalized spacial score (nSPS) is 21.6. The summed E-state index contributed by atoms with van der Waals surface area (Å²) in [4.78, 5) is 12.0. The van der Waals surface area contributed by atoms with E-state index in [1.54, 1.807) is 0 Å². The molecule has 20 heavy (non-hydrogen) atoms. The van der Waals surface area contributed by atoms with Crippen molar-refractivity contribution in [2.75, 3.05) is 13.2 Å². The Hall–Kier alpha value is -1.35. The van der Waals surface area contributed by atoms with E-state index in [1.165, 1.54) is 5.56 Å². The molecule has 1 saturated carbocycles. The molecule has 2 atom stereocenters. The molecular weight excluding hydrogens is 250 g/mol. The van der Waals surface area contributed by atoms with Crippen LogP contribution in [0.25, 0.3) is 0 Å². The van der Waals surface area contributed by atoms with Crippen LogP contribution in [-0.2, 0) is 4.79 Å². The zero-order valence-corrected chi connectivity index (χ0v) is 12.4. The maximum absolute atomic E-state index is 12.0. The molecule has 110 valence electrons. The first-order chi connectivity index (χ1) is 9.53. The van der Waals surface area contributed by atoms with Gasteiger partial charge in [-0.3, -0.25) is 4.79 Å². The smallest absolute Gasteiger partial charge is 0.223 e. The summed E-state index contributed by atoms with van der Waals surface area (Å²) in [5, 5.41) is 12.2. The summed E-state index contributed by atoms with van der Waals surface area (Å²) in [6, 6.07) is 10.3. The molecule has 0 spiro atoms. The lowest BCUT2D eigenvalue weighted by Crippen LogP contribution is -2.28. The average Bonchev–Trinajstić information content (AvgIpc) is 3.25. The van der Waals surface area contributed by atoms with E-state index in [4.69, 9.17) is 0 Å². The summed E-state index contributed by atoms with van der Waals surface area (Å²) >= 11 is 0. The number of carbonyl (C=O) groups excluding carboxylic acids is 1. The van der Waals surface area contributed by atoms with Crippen LogP contribution in [0.15, 0.2) is 30.3 Å². The predicted molar refractivity (Wildman–Crippen MR) is 80.4 cm³/mol. The molecule has 1 aromatic rings. The Labute approximate surface area is 121 Å². The molecule has 3 heteroatoms. The van der Waals surface area contributed by atoms with E-state index in [-0.39, 0.29) is 23.8 Å². The fourth-order valence-electron chi connectivity index (χ4n) is 2.54. The van der Waals surface area contributed by atoms with E-state index < -0.39 is 0 Å². The molecule has 1 fully saturated rings. The van der Waals surface area contributed by atoms with Gasteiger partial charge >= 0.3 is 0 Å². The van der Waals surface area contributed by atoms with Crippen molar-refractivity contribution in [3.63, 3.8) is 0 Å². The zero-order chi connectivity index (χ0) is 14.6. The minimum absolute atomic E-state index is 0.0448. The lowest BCUT2D eigenvalue weighted by molar-refractivity contribution is -0.122. The Morgan fingerprint density at radius 1 is 1.35 bits per heavy atom. The molecule has 0 aromatic heterocycles. The topological polar surface area (TPSA) is 49.3 Å². The second kappa shape index (κ2) is 6.40. The van der Waals surface area contributed by atoms with Gasteiger partial charge in [-0.25, -0.2) is 0 Å². The standard InChI is InChI=1S/C17H25NO2/c1-17(2,12-19)9-6-10-18-16(20)15-11-14(15)13-7-4-3-5-8-13/h3-5,7-8,14-15,19H,6,9-12H2,1-2H3,(H,18,20). The highest BCUT2D eigenvalue weighted by Gasteiger charge is 2.43. The molecule has 0 radical (unpaired) electrons. The Morgan fingerprint density at radius 3 is 2.70 bits per heavy atom. The second-order valence-electron chi connectivity index (χ2n) is 6.58. The van der Waals surface area contributed by atoms with Crippen molar-refractivity contribution in [1.29, 1.82) is 0 Å². The molecule has 1 aliphatic rings. The van der Waals surface area contributed by atoms with Gasteiger partial charge < -0.3 is 10.4 Å². The molecule has 0 saturated heterocycles. The third-order valence-electron chi connectivity index (χ3n) is 4.11. The van der Waals surface area contributed by atoms with Gasteiger partial charge in [0.05, 0.1) is 0 Å². The lowest BCUT2D eigenvalue weighted by Gasteiger charge is -2.21. The molecule has 1 aromatic carbocycles. The molecule has 2 N–H and O–H groups in total. The maximum atomic E-state index is 12.0. The van der Waals surface area contributed by atoms with Crippen LogP contribution in [0.4, 0.5) is 0 Å². The van der Waals surface area contributed by atoms with Gasteiger partial charge in [-0.15, -0.1) is 0 Å². The first kappa shape index (κ1) is 15.0. The van der Waals surface area contributed by atoms with Crippen molar-refractivity contribution < 1.29 is 9.90 Å². The Morgan fingerprint density at radius 2 is 2.05 bits per heavy atom. The van der Waals surface area contributed by atoms with Gasteiger partial charge in [0.25, 0.3) is 0 Å². The van der Waals surface area contributed by atoms with Gasteiger partial charge in [0, 0.05) is 19.1 Å². The molecule has 2 rings (SSSR count). The van der Waals surface area contributed by atoms with Gasteiger partial charge in [-0.1, -0.05) is 44.2 Å². The van der Waals surface area contributed by atoms with E-state index in [2.05, 4.69) is 17.4 Å². The highest BCUT2D eigenvalue weighted by Crippen LogP contribution is 2.47. The minimum Gasteiger partial charge on any atom is -0.396 e. The summed E-state index contributed by atoms with van der Waals surface area (Å²) in [6.45, 7) is 4.99. The van der Waals surface area contributed by atoms with Crippen LogP contribution in [-0.4, -0.2) is 24.2 Å². The number of aliphatic hydroxyl groups excluding tert-OH is 1. The van der Waals surface area contributed by atoms with Crippen LogP contribution in [0.1, 0.15) is 44.6 Å². The fourth-order valence-corrected chi connectivity index (χ4v) is 2.54. The van der Waals surface area contributed by atoms with Crippen LogP contribution in [0.5, 0.6) is 0 Å². The van der Waals surface area contributed by atoms with Crippen LogP contribution in [0.2, 0.25) is 0 Å². The zero-order valence-electron chi connectivity index (χ0n) is 12.4. The Bertz CT molecular complexity index is 442. The molecular formula is C17H25NO2. The van der Waals surface area contributed by atoms with Crippen LogP contribution in [0, 0.1) is 11.3 Å². The number of hydrogen-bond acceptors (Lipinski definition) is 2. The number of benzene rings is 1. The molecule has 0 heterocycles. The minimum atomic E-state index is -0.0448. The van der Waals surface area contributed by atoms with Crippen molar-refractivity contribution in [1.82, 2.24) is 5.32 Å². The second-order valence-corrected chi connectivity index (χ2v) is 6.58. The van der Waals surface area contributed by atoms with Gasteiger partial charge in [-0.05, 0) is 36.2 Å². The Balaban J connectivity index is 1.68. The number of aliphatic hydroxyl groups is 1. The number of amides is 1. The molecule has 1 aliphatic carbocycles. The van der Waals surface area contributed by atoms with Crippen molar-refractivity contribution >= 4 is 5.91 Å². The molecule has 3 nitrogen and oxygen atoms in total. The molecule has 2 unspecified atom stereocenters. The quantitative estimate of drug-likeness (QED) is 0.752. The third-order valence-corrected chi connectivity index (χ3v) is 4.11. The summed E-state index contributed by atoms with van der Waals surface area (Å²) in [5.41, 5.74) is 1.23. The maximum Gasteiger partial charge on any atom is 0.223 e. The van der Waals surface area contributed by atoms with Crippen LogP contribution in [0.3, 0.4) is 0 Å². The highest BCUT2D eigenvalue weighted by atomic mass is 16.3. The predicted octanol–water partition coefficient (Wildman–Crippen LogP) is 2.71. The number of rotatable bonds is 7. The highest BCUT2D eigenvalue weighted by molar-refractivity contribution is 5.82. The van der Waals surface area contributed by atoms with Gasteiger partial charge in [0.2, 0.25) is 5.91 Å². The number of hydrogen-bond donors (Lipinski definition) is 2. The third kappa shape index (κ3) is 4.07. The van der Waals surface area contributed by atoms with Crippen molar-refractivity contribution in [2.24, 2.45) is 11.3 Å². The fraction of sp³-hybridized carbons (Fsp3) is 0.588. The van der Waals surface area contributed by atoms with Crippen molar-refractivity contribution in [2.45, 2.75) is 39.0 Å². The number of carbonyl (C=O) groups is 1. The van der Waals surface area contributed by atoms with Crippen molar-refractivity contribution in [3.8, 4) is 0 Å². The van der Waals surface area contributed by atoms with Gasteiger partial charge in [0.1, 0.15) is 0 Å². The molecule has 0 bridgehead atoms. The first-order valence-electron chi connectivity index (χ1n) is 7.47. The van der Waals surface area contributed by atoms with Gasteiger partial charge in [-0.2, -0.15) is 0 Å². The van der Waals surface area contributed by atoms with Crippen LogP contribution < -0.4 is 5.32 Å². The van der Waals surface area contributed by atoms with Gasteiger partial charge in [0.15, 0.2) is 0 Å². The number of nitrogens with one attached hydrogen (secondary N) is 1. The largest absolute Gasteiger partial charge is 0.396 e. The Kier molecular flexibility index (Phi) is 4.81. The summed E-state index contributed by atoms with van der Waals surface area (Å²) in [5.74, 6) is 0.744. The van der Waals surface area contributed by atoms with E-state index in [9.17, 15) is 9.90 Å². The molecule has 0 aliphatic heterocycles. The average molecular weight is 275 g/mol.